The Labute approximate surface area is 159 Å². The van der Waals surface area contributed by atoms with E-state index in [0.29, 0.717) is 0 Å². The molecule has 0 spiro atoms. The molecule has 0 unspecified atom stereocenters. The third kappa shape index (κ3) is 3.86. The fraction of sp³-hybridized carbons (Fsp3) is 0.450. The molecule has 0 saturated heterocycles. The van der Waals surface area contributed by atoms with Crippen LogP contribution < -0.4 is 10.2 Å². The second kappa shape index (κ2) is 8.10. The van der Waals surface area contributed by atoms with Crippen molar-refractivity contribution in [1.29, 1.82) is 0 Å². The van der Waals surface area contributed by atoms with Gasteiger partial charge in [-0.05, 0) is 52.3 Å². The van der Waals surface area contributed by atoms with Crippen molar-refractivity contribution < 1.29 is 4.90 Å². The summed E-state index contributed by atoms with van der Waals surface area (Å²) in [7, 11) is 0. The van der Waals surface area contributed by atoms with E-state index < -0.39 is 0 Å². The zero-order valence-corrected chi connectivity index (χ0v) is 17.1. The molecule has 0 saturated carbocycles. The number of fused-ring (bicyclic) bond motifs is 1. The van der Waals surface area contributed by atoms with E-state index in [1.165, 1.54) is 15.3 Å². The molecule has 0 amide bonds. The fourth-order valence-corrected chi connectivity index (χ4v) is 4.16. The minimum absolute atomic E-state index is 0.0857. The van der Waals surface area contributed by atoms with Crippen LogP contribution in [0.15, 0.2) is 24.4 Å². The van der Waals surface area contributed by atoms with Crippen LogP contribution in [0.4, 0.5) is 5.82 Å². The lowest BCUT2D eigenvalue weighted by Gasteiger charge is -2.18. The molecule has 5 nitrogen and oxygen atoms in total. The first-order valence-electron chi connectivity index (χ1n) is 9.31. The summed E-state index contributed by atoms with van der Waals surface area (Å²) in [6, 6.07) is 6.09. The van der Waals surface area contributed by atoms with E-state index >= 15 is 0 Å². The molecule has 0 aliphatic rings. The van der Waals surface area contributed by atoms with Gasteiger partial charge in [-0.2, -0.15) is 0 Å². The number of aromatic nitrogens is 3. The molecular weight excluding hydrogens is 342 g/mol. The molecule has 3 aromatic heterocycles. The highest BCUT2D eigenvalue weighted by Gasteiger charge is 2.18. The van der Waals surface area contributed by atoms with Crippen LogP contribution in [-0.4, -0.2) is 28.0 Å². The first-order valence-corrected chi connectivity index (χ1v) is 10.1. The SMILES string of the molecule is CC[NH+](CC)Cc1nc(N[C@@H](C)c2ccccn2)c2c(C)c(C)sc2n1. The Kier molecular flexibility index (Phi) is 5.84. The van der Waals surface area contributed by atoms with Gasteiger partial charge in [0.15, 0.2) is 5.82 Å². The molecular formula is C20H28N5S+. The van der Waals surface area contributed by atoms with Crippen molar-refractivity contribution in [2.45, 2.75) is 47.2 Å². The molecule has 1 atom stereocenters. The highest BCUT2D eigenvalue weighted by atomic mass is 32.1. The minimum Gasteiger partial charge on any atom is -0.361 e. The number of nitrogens with zero attached hydrogens (tertiary/aromatic N) is 3. The molecule has 0 aliphatic heterocycles. The van der Waals surface area contributed by atoms with Crippen molar-refractivity contribution in [2.24, 2.45) is 0 Å². The number of thiophene rings is 1. The Morgan fingerprint density at radius 2 is 1.92 bits per heavy atom. The number of pyridine rings is 1. The van der Waals surface area contributed by atoms with Crippen molar-refractivity contribution >= 4 is 27.4 Å². The molecule has 138 valence electrons. The van der Waals surface area contributed by atoms with Crippen LogP contribution in [0, 0.1) is 13.8 Å². The predicted molar refractivity (Wildman–Crippen MR) is 109 cm³/mol. The van der Waals surface area contributed by atoms with Crippen LogP contribution in [-0.2, 0) is 6.54 Å². The average molecular weight is 371 g/mol. The fourth-order valence-electron chi connectivity index (χ4n) is 3.11. The van der Waals surface area contributed by atoms with Gasteiger partial charge in [0.05, 0.1) is 30.2 Å². The van der Waals surface area contributed by atoms with Gasteiger partial charge in [-0.1, -0.05) is 6.07 Å². The molecule has 3 rings (SSSR count). The standard InChI is InChI=1S/C20H27N5S/c1-6-25(7-2)12-17-23-19(18-13(3)15(5)26-20(18)24-17)22-14(4)16-10-8-9-11-21-16/h8-11,14H,6-7,12H2,1-5H3,(H,22,23,24)/p+1/t14-/m0/s1. The normalized spacial score (nSPS) is 12.7. The van der Waals surface area contributed by atoms with E-state index in [1.807, 2.05) is 24.4 Å². The number of rotatable bonds is 7. The molecule has 0 aliphatic carbocycles. The molecule has 0 fully saturated rings. The van der Waals surface area contributed by atoms with Crippen LogP contribution in [0.1, 0.15) is 48.8 Å². The Morgan fingerprint density at radius 3 is 2.58 bits per heavy atom. The van der Waals surface area contributed by atoms with Crippen molar-refractivity contribution in [1.82, 2.24) is 15.0 Å². The maximum Gasteiger partial charge on any atom is 0.187 e. The highest BCUT2D eigenvalue weighted by molar-refractivity contribution is 7.18. The van der Waals surface area contributed by atoms with Crippen molar-refractivity contribution in [3.63, 3.8) is 0 Å². The first-order chi connectivity index (χ1) is 12.5. The smallest absolute Gasteiger partial charge is 0.187 e. The van der Waals surface area contributed by atoms with Crippen LogP contribution in [0.2, 0.25) is 0 Å². The van der Waals surface area contributed by atoms with E-state index in [-0.39, 0.29) is 6.04 Å². The number of anilines is 1. The lowest BCUT2D eigenvalue weighted by Crippen LogP contribution is -3.10. The topological polar surface area (TPSA) is 55.1 Å². The summed E-state index contributed by atoms with van der Waals surface area (Å²) in [5, 5.41) is 4.74. The Hall–Kier alpha value is -2.05. The van der Waals surface area contributed by atoms with Gasteiger partial charge in [-0.25, -0.2) is 9.97 Å². The van der Waals surface area contributed by atoms with Gasteiger partial charge in [-0.3, -0.25) is 4.98 Å². The number of quaternary nitrogens is 1. The molecule has 3 aromatic rings. The molecule has 0 bridgehead atoms. The molecule has 3 heterocycles. The van der Waals surface area contributed by atoms with E-state index in [9.17, 15) is 0 Å². The summed E-state index contributed by atoms with van der Waals surface area (Å²) in [5.41, 5.74) is 2.28. The summed E-state index contributed by atoms with van der Waals surface area (Å²) in [6.07, 6.45) is 1.83. The van der Waals surface area contributed by atoms with E-state index in [0.717, 1.165) is 47.2 Å². The number of hydrogen-bond donors (Lipinski definition) is 2. The average Bonchev–Trinajstić information content (AvgIpc) is 2.94. The van der Waals surface area contributed by atoms with E-state index in [2.05, 4.69) is 44.9 Å². The van der Waals surface area contributed by atoms with Crippen LogP contribution in [0.5, 0.6) is 0 Å². The Morgan fingerprint density at radius 1 is 1.15 bits per heavy atom. The number of hydrogen-bond acceptors (Lipinski definition) is 5. The van der Waals surface area contributed by atoms with Crippen molar-refractivity contribution in [2.75, 3.05) is 18.4 Å². The molecule has 26 heavy (non-hydrogen) atoms. The van der Waals surface area contributed by atoms with E-state index in [4.69, 9.17) is 9.97 Å². The second-order valence-electron chi connectivity index (χ2n) is 6.71. The van der Waals surface area contributed by atoms with Crippen molar-refractivity contribution in [3.05, 3.63) is 46.4 Å². The quantitative estimate of drug-likeness (QED) is 0.670. The van der Waals surface area contributed by atoms with Crippen LogP contribution >= 0.6 is 11.3 Å². The summed E-state index contributed by atoms with van der Waals surface area (Å²) >= 11 is 1.76. The van der Waals surface area contributed by atoms with Gasteiger partial charge in [0.2, 0.25) is 0 Å². The Bertz CT molecular complexity index is 871. The lowest BCUT2D eigenvalue weighted by atomic mass is 10.1. The molecule has 6 heteroatoms. The van der Waals surface area contributed by atoms with Gasteiger partial charge in [0, 0.05) is 11.1 Å². The van der Waals surface area contributed by atoms with Crippen molar-refractivity contribution in [3.8, 4) is 0 Å². The zero-order valence-electron chi connectivity index (χ0n) is 16.3. The monoisotopic (exact) mass is 370 g/mol. The highest BCUT2D eigenvalue weighted by Crippen LogP contribution is 2.34. The summed E-state index contributed by atoms with van der Waals surface area (Å²) in [5.74, 6) is 1.84. The summed E-state index contributed by atoms with van der Waals surface area (Å²) in [4.78, 5) is 18.1. The Balaban J connectivity index is 2.00. The van der Waals surface area contributed by atoms with Crippen LogP contribution in [0.25, 0.3) is 10.2 Å². The lowest BCUT2D eigenvalue weighted by molar-refractivity contribution is -0.910. The maximum absolute atomic E-state index is 4.91. The third-order valence-electron chi connectivity index (χ3n) is 4.97. The largest absolute Gasteiger partial charge is 0.361 e. The van der Waals surface area contributed by atoms with Gasteiger partial charge >= 0.3 is 0 Å². The van der Waals surface area contributed by atoms with Gasteiger partial charge < -0.3 is 10.2 Å². The number of aryl methyl sites for hydroxylation is 2. The van der Waals surface area contributed by atoms with Gasteiger partial charge in [0.25, 0.3) is 0 Å². The minimum atomic E-state index is 0.0857. The van der Waals surface area contributed by atoms with E-state index in [1.54, 1.807) is 11.3 Å². The zero-order chi connectivity index (χ0) is 18.7. The second-order valence-corrected chi connectivity index (χ2v) is 7.91. The summed E-state index contributed by atoms with van der Waals surface area (Å²) in [6.45, 7) is 13.9. The van der Waals surface area contributed by atoms with Gasteiger partial charge in [-0.15, -0.1) is 11.3 Å². The number of nitrogens with one attached hydrogen (secondary N) is 2. The summed E-state index contributed by atoms with van der Waals surface area (Å²) < 4.78 is 0. The molecule has 0 radical (unpaired) electrons. The molecule has 2 N–H and O–H groups in total. The molecule has 0 aromatic carbocycles. The third-order valence-corrected chi connectivity index (χ3v) is 6.07. The maximum atomic E-state index is 4.91. The predicted octanol–water partition coefficient (Wildman–Crippen LogP) is 3.30. The first kappa shape index (κ1) is 18.7. The van der Waals surface area contributed by atoms with Crippen LogP contribution in [0.3, 0.4) is 0 Å². The van der Waals surface area contributed by atoms with Gasteiger partial charge in [0.1, 0.15) is 17.2 Å².